The van der Waals surface area contributed by atoms with Gasteiger partial charge >= 0.3 is 6.03 Å². The van der Waals surface area contributed by atoms with Gasteiger partial charge in [-0.3, -0.25) is 0 Å². The highest BCUT2D eigenvalue weighted by Crippen LogP contribution is 2.26. The number of imidazole rings is 1. The summed E-state index contributed by atoms with van der Waals surface area (Å²) in [5.41, 5.74) is 6.76. The molecule has 1 aromatic heterocycles. The Balaban J connectivity index is 2.37. The molecule has 102 valence electrons. The van der Waals surface area contributed by atoms with Crippen molar-refractivity contribution in [1.82, 2.24) is 14.9 Å². The van der Waals surface area contributed by atoms with E-state index < -0.39 is 6.03 Å². The van der Waals surface area contributed by atoms with E-state index in [1.165, 1.54) is 0 Å². The Labute approximate surface area is 120 Å². The van der Waals surface area contributed by atoms with Crippen LogP contribution in [0.4, 0.5) is 4.79 Å². The molecule has 2 aromatic rings. The van der Waals surface area contributed by atoms with E-state index in [0.717, 1.165) is 16.9 Å². The van der Waals surface area contributed by atoms with Gasteiger partial charge in [-0.2, -0.15) is 0 Å². The van der Waals surface area contributed by atoms with Gasteiger partial charge in [0.2, 0.25) is 0 Å². The van der Waals surface area contributed by atoms with E-state index >= 15 is 0 Å². The first-order valence-corrected chi connectivity index (χ1v) is 6.63. The third kappa shape index (κ3) is 3.11. The lowest BCUT2D eigenvalue weighted by molar-refractivity contribution is 0.248. The standard InChI is InChI=1S/C12H14Cl2N4O/c1-7(13)11-17-9-6-8(14)2-3-10(9)18(11)5-4-16-12(15)19/h2-3,6-7H,4-5H2,1H3,(H3,15,16,19). The smallest absolute Gasteiger partial charge is 0.312 e. The summed E-state index contributed by atoms with van der Waals surface area (Å²) in [7, 11) is 0. The zero-order valence-corrected chi connectivity index (χ0v) is 11.9. The first kappa shape index (κ1) is 14.0. The Morgan fingerprint density at radius 1 is 1.58 bits per heavy atom. The molecule has 0 fully saturated rings. The molecule has 0 saturated carbocycles. The minimum Gasteiger partial charge on any atom is -0.352 e. The Morgan fingerprint density at radius 2 is 2.32 bits per heavy atom. The molecule has 19 heavy (non-hydrogen) atoms. The van der Waals surface area contributed by atoms with Gasteiger partial charge in [-0.15, -0.1) is 11.6 Å². The molecule has 0 bridgehead atoms. The molecule has 1 heterocycles. The maximum atomic E-state index is 10.7. The number of primary amides is 1. The number of carbonyl (C=O) groups is 1. The molecule has 3 N–H and O–H groups in total. The Hall–Kier alpha value is -1.46. The van der Waals surface area contributed by atoms with Crippen LogP contribution >= 0.6 is 23.2 Å². The topological polar surface area (TPSA) is 72.9 Å². The largest absolute Gasteiger partial charge is 0.352 e. The summed E-state index contributed by atoms with van der Waals surface area (Å²) in [6, 6.07) is 4.93. The molecule has 0 spiro atoms. The summed E-state index contributed by atoms with van der Waals surface area (Å²) < 4.78 is 1.96. The summed E-state index contributed by atoms with van der Waals surface area (Å²) in [5.74, 6) is 0.741. The zero-order valence-electron chi connectivity index (χ0n) is 10.4. The summed E-state index contributed by atoms with van der Waals surface area (Å²) in [4.78, 5) is 15.2. The summed E-state index contributed by atoms with van der Waals surface area (Å²) in [6.07, 6.45) is 0. The highest BCUT2D eigenvalue weighted by Gasteiger charge is 2.14. The number of amides is 2. The van der Waals surface area contributed by atoms with Crippen LogP contribution in [0.25, 0.3) is 11.0 Å². The zero-order chi connectivity index (χ0) is 14.0. The predicted octanol–water partition coefficient (Wildman–Crippen LogP) is 2.66. The van der Waals surface area contributed by atoms with Crippen LogP contribution < -0.4 is 11.1 Å². The van der Waals surface area contributed by atoms with Gasteiger partial charge in [-0.25, -0.2) is 9.78 Å². The second-order valence-electron chi connectivity index (χ2n) is 4.16. The van der Waals surface area contributed by atoms with Crippen LogP contribution in [0.15, 0.2) is 18.2 Å². The number of urea groups is 1. The van der Waals surface area contributed by atoms with E-state index in [2.05, 4.69) is 10.3 Å². The van der Waals surface area contributed by atoms with Crippen molar-refractivity contribution < 1.29 is 4.79 Å². The van der Waals surface area contributed by atoms with Crippen molar-refractivity contribution in [2.45, 2.75) is 18.8 Å². The number of halogens is 2. The lowest BCUT2D eigenvalue weighted by Gasteiger charge is -2.10. The van der Waals surface area contributed by atoms with Gasteiger partial charge in [-0.1, -0.05) is 11.6 Å². The third-order valence-corrected chi connectivity index (χ3v) is 3.16. The minimum absolute atomic E-state index is 0.236. The number of alkyl halides is 1. The maximum absolute atomic E-state index is 10.7. The Kier molecular flexibility index (Phi) is 4.17. The Bertz CT molecular complexity index is 609. The average molecular weight is 301 g/mol. The molecule has 1 atom stereocenters. The maximum Gasteiger partial charge on any atom is 0.312 e. The number of nitrogens with two attached hydrogens (primary N) is 1. The number of fused-ring (bicyclic) bond motifs is 1. The number of nitrogens with one attached hydrogen (secondary N) is 1. The second kappa shape index (κ2) is 5.67. The quantitative estimate of drug-likeness (QED) is 0.852. The number of benzene rings is 1. The van der Waals surface area contributed by atoms with E-state index in [0.29, 0.717) is 18.1 Å². The van der Waals surface area contributed by atoms with E-state index in [9.17, 15) is 4.79 Å². The normalized spacial score (nSPS) is 12.6. The summed E-state index contributed by atoms with van der Waals surface area (Å²) >= 11 is 12.1. The van der Waals surface area contributed by atoms with Crippen molar-refractivity contribution in [3.63, 3.8) is 0 Å². The van der Waals surface area contributed by atoms with E-state index in [1.807, 2.05) is 17.6 Å². The van der Waals surface area contributed by atoms with Crippen molar-refractivity contribution in [3.05, 3.63) is 29.0 Å². The van der Waals surface area contributed by atoms with Gasteiger partial charge < -0.3 is 15.6 Å². The van der Waals surface area contributed by atoms with Crippen molar-refractivity contribution >= 4 is 40.3 Å². The molecule has 1 unspecified atom stereocenters. The monoisotopic (exact) mass is 300 g/mol. The number of nitrogens with zero attached hydrogens (tertiary/aromatic N) is 2. The van der Waals surface area contributed by atoms with Gasteiger partial charge in [0.05, 0.1) is 16.4 Å². The molecule has 0 radical (unpaired) electrons. The van der Waals surface area contributed by atoms with Gasteiger partial charge in [0.15, 0.2) is 0 Å². The highest BCUT2D eigenvalue weighted by atomic mass is 35.5. The van der Waals surface area contributed by atoms with Crippen molar-refractivity contribution in [3.8, 4) is 0 Å². The number of aromatic nitrogens is 2. The molecule has 2 rings (SSSR count). The highest BCUT2D eigenvalue weighted by molar-refractivity contribution is 6.31. The van der Waals surface area contributed by atoms with E-state index in [1.54, 1.807) is 12.1 Å². The Morgan fingerprint density at radius 3 is 2.95 bits per heavy atom. The van der Waals surface area contributed by atoms with Crippen LogP contribution in [0.5, 0.6) is 0 Å². The third-order valence-electron chi connectivity index (χ3n) is 2.73. The molecule has 7 heteroatoms. The first-order valence-electron chi connectivity index (χ1n) is 5.82. The van der Waals surface area contributed by atoms with Crippen LogP contribution in [0.3, 0.4) is 0 Å². The minimum atomic E-state index is -0.548. The van der Waals surface area contributed by atoms with E-state index in [4.69, 9.17) is 28.9 Å². The SMILES string of the molecule is CC(Cl)c1nc2cc(Cl)ccc2n1CCNC(N)=O. The van der Waals surface area contributed by atoms with Gasteiger partial charge in [0, 0.05) is 18.1 Å². The fourth-order valence-electron chi connectivity index (χ4n) is 1.95. The van der Waals surface area contributed by atoms with Crippen molar-refractivity contribution in [2.24, 2.45) is 5.73 Å². The fraction of sp³-hybridized carbons (Fsp3) is 0.333. The molecule has 0 aliphatic carbocycles. The average Bonchev–Trinajstić information content (AvgIpc) is 2.67. The van der Waals surface area contributed by atoms with Gasteiger partial charge in [0.1, 0.15) is 5.82 Å². The fourth-order valence-corrected chi connectivity index (χ4v) is 2.28. The van der Waals surface area contributed by atoms with Crippen LogP contribution in [-0.2, 0) is 6.54 Å². The van der Waals surface area contributed by atoms with E-state index in [-0.39, 0.29) is 5.38 Å². The van der Waals surface area contributed by atoms with Crippen molar-refractivity contribution in [1.29, 1.82) is 0 Å². The molecule has 0 aliphatic heterocycles. The molecule has 0 saturated heterocycles. The molecule has 1 aromatic carbocycles. The molecule has 2 amide bonds. The number of hydrogen-bond acceptors (Lipinski definition) is 2. The molecular weight excluding hydrogens is 287 g/mol. The first-order chi connectivity index (χ1) is 8.99. The lowest BCUT2D eigenvalue weighted by Crippen LogP contribution is -2.32. The van der Waals surface area contributed by atoms with Gasteiger partial charge in [-0.05, 0) is 25.1 Å². The van der Waals surface area contributed by atoms with Crippen LogP contribution in [0, 0.1) is 0 Å². The number of carbonyl (C=O) groups excluding carboxylic acids is 1. The van der Waals surface area contributed by atoms with Crippen LogP contribution in [-0.4, -0.2) is 22.1 Å². The van der Waals surface area contributed by atoms with Crippen LogP contribution in [0.2, 0.25) is 5.02 Å². The second-order valence-corrected chi connectivity index (χ2v) is 5.25. The number of hydrogen-bond donors (Lipinski definition) is 2. The predicted molar refractivity (Wildman–Crippen MR) is 76.6 cm³/mol. The summed E-state index contributed by atoms with van der Waals surface area (Å²) in [6.45, 7) is 2.82. The van der Waals surface area contributed by atoms with Crippen LogP contribution in [0.1, 0.15) is 18.1 Å². The van der Waals surface area contributed by atoms with Crippen molar-refractivity contribution in [2.75, 3.05) is 6.54 Å². The van der Waals surface area contributed by atoms with Gasteiger partial charge in [0.25, 0.3) is 0 Å². The summed E-state index contributed by atoms with van der Waals surface area (Å²) in [5, 5.41) is 2.94. The lowest BCUT2D eigenvalue weighted by atomic mass is 10.3. The number of rotatable bonds is 4. The molecule has 0 aliphatic rings. The molecular formula is C12H14Cl2N4O. The molecule has 5 nitrogen and oxygen atoms in total.